The number of ether oxygens (including phenoxy) is 1. The van der Waals surface area contributed by atoms with Gasteiger partial charge in [0.2, 0.25) is 0 Å². The van der Waals surface area contributed by atoms with E-state index in [4.69, 9.17) is 4.74 Å². The molecule has 0 saturated carbocycles. The van der Waals surface area contributed by atoms with Crippen molar-refractivity contribution in [3.8, 4) is 0 Å². The van der Waals surface area contributed by atoms with Gasteiger partial charge in [-0.05, 0) is 45.5 Å². The highest BCUT2D eigenvalue weighted by Crippen LogP contribution is 2.22. The zero-order chi connectivity index (χ0) is 18.1. The third-order valence-corrected chi connectivity index (χ3v) is 3.70. The van der Waals surface area contributed by atoms with E-state index < -0.39 is 0 Å². The van der Waals surface area contributed by atoms with Gasteiger partial charge in [0.25, 0.3) is 0 Å². The minimum absolute atomic E-state index is 0.0658. The summed E-state index contributed by atoms with van der Waals surface area (Å²) >= 11 is 0. The molecule has 0 bridgehead atoms. The fraction of sp³-hybridized carbons (Fsp3) is 0.550. The molecule has 0 spiro atoms. The smallest absolute Gasteiger partial charge is 0.418 e. The molecule has 1 atom stereocenters. The first kappa shape index (κ1) is 20.2. The van der Waals surface area contributed by atoms with E-state index in [1.54, 1.807) is 4.57 Å². The molecule has 0 amide bonds. The fourth-order valence-corrected chi connectivity index (χ4v) is 2.26. The number of carbonyl (C=O) groups is 1. The van der Waals surface area contributed by atoms with E-state index in [-0.39, 0.29) is 12.2 Å². The molecule has 1 heterocycles. The number of rotatable bonds is 5. The van der Waals surface area contributed by atoms with Crippen LogP contribution in [0.5, 0.6) is 0 Å². The number of carbonyl (C=O) groups excluding carboxylic acids is 1. The van der Waals surface area contributed by atoms with Crippen molar-refractivity contribution in [2.24, 2.45) is 0 Å². The van der Waals surface area contributed by atoms with E-state index in [2.05, 4.69) is 38.9 Å². The molecule has 0 radical (unpaired) electrons. The van der Waals surface area contributed by atoms with Gasteiger partial charge >= 0.3 is 6.09 Å². The molecular formula is C20H32N2O2. The highest BCUT2D eigenvalue weighted by molar-refractivity contribution is 5.92. The molecule has 1 aromatic carbocycles. The summed E-state index contributed by atoms with van der Waals surface area (Å²) in [6.07, 6.45) is 4.54. The standard InChI is InChI=1S/C17H24N2O2.C3H8/c1-5-13(2)21-17(20)19-12-14(10-11-18(3)4)15-8-6-7-9-16(15)19;1-3-2/h6-9,12-13H,5,10-11H2,1-4H3;3H2,1-2H3. The SMILES string of the molecule is CCC.CCC(C)OC(=O)n1cc(CCN(C)C)c2ccccc21. The fourth-order valence-electron chi connectivity index (χ4n) is 2.26. The van der Waals surface area contributed by atoms with Crippen molar-refractivity contribution in [2.75, 3.05) is 20.6 Å². The van der Waals surface area contributed by atoms with E-state index in [1.807, 2.05) is 38.2 Å². The maximum Gasteiger partial charge on any atom is 0.418 e. The minimum atomic E-state index is -0.295. The molecule has 1 unspecified atom stereocenters. The second-order valence-electron chi connectivity index (χ2n) is 6.40. The van der Waals surface area contributed by atoms with Crippen LogP contribution in [0.4, 0.5) is 4.79 Å². The molecule has 1 aromatic heterocycles. The Balaban J connectivity index is 0.000000891. The summed E-state index contributed by atoms with van der Waals surface area (Å²) in [6.45, 7) is 9.12. The van der Waals surface area contributed by atoms with Crippen LogP contribution in [0.1, 0.15) is 46.1 Å². The summed E-state index contributed by atoms with van der Waals surface area (Å²) in [5.74, 6) is 0. The third kappa shape index (κ3) is 5.68. The van der Waals surface area contributed by atoms with Crippen molar-refractivity contribution in [2.45, 2.75) is 53.1 Å². The van der Waals surface area contributed by atoms with Gasteiger partial charge in [0, 0.05) is 18.1 Å². The Bertz CT molecular complexity index is 632. The van der Waals surface area contributed by atoms with Gasteiger partial charge in [0.1, 0.15) is 6.10 Å². The van der Waals surface area contributed by atoms with E-state index in [0.717, 1.165) is 30.3 Å². The summed E-state index contributed by atoms with van der Waals surface area (Å²) in [5.41, 5.74) is 2.10. The second kappa shape index (κ2) is 10.1. The zero-order valence-electron chi connectivity index (χ0n) is 16.0. The van der Waals surface area contributed by atoms with Crippen molar-refractivity contribution in [3.05, 3.63) is 36.0 Å². The Morgan fingerprint density at radius 1 is 1.21 bits per heavy atom. The Kier molecular flexibility index (Phi) is 8.55. The number of hydrogen-bond donors (Lipinski definition) is 0. The molecule has 4 nitrogen and oxygen atoms in total. The van der Waals surface area contributed by atoms with Crippen LogP contribution in [0.3, 0.4) is 0 Å². The highest BCUT2D eigenvalue weighted by Gasteiger charge is 2.16. The molecule has 0 aliphatic rings. The monoisotopic (exact) mass is 332 g/mol. The molecule has 2 rings (SSSR count). The van der Waals surface area contributed by atoms with Crippen molar-refractivity contribution < 1.29 is 9.53 Å². The number of likely N-dealkylation sites (N-methyl/N-ethyl adjacent to an activating group) is 1. The number of benzene rings is 1. The van der Waals surface area contributed by atoms with Crippen LogP contribution in [0.15, 0.2) is 30.5 Å². The van der Waals surface area contributed by atoms with Crippen LogP contribution in [0.25, 0.3) is 10.9 Å². The van der Waals surface area contributed by atoms with E-state index >= 15 is 0 Å². The predicted octanol–water partition coefficient (Wildman–Crippen LogP) is 4.94. The first-order valence-corrected chi connectivity index (χ1v) is 8.89. The van der Waals surface area contributed by atoms with Crippen molar-refractivity contribution in [1.29, 1.82) is 0 Å². The van der Waals surface area contributed by atoms with Gasteiger partial charge in [-0.2, -0.15) is 0 Å². The summed E-state index contributed by atoms with van der Waals surface area (Å²) in [4.78, 5) is 14.5. The first-order chi connectivity index (χ1) is 11.4. The third-order valence-electron chi connectivity index (χ3n) is 3.70. The topological polar surface area (TPSA) is 34.5 Å². The average molecular weight is 332 g/mol. The normalized spacial score (nSPS) is 12.0. The van der Waals surface area contributed by atoms with Crippen LogP contribution in [-0.2, 0) is 11.2 Å². The van der Waals surface area contributed by atoms with Crippen LogP contribution >= 0.6 is 0 Å². The lowest BCUT2D eigenvalue weighted by Gasteiger charge is -2.11. The molecule has 0 N–H and O–H groups in total. The molecule has 4 heteroatoms. The maximum absolute atomic E-state index is 12.3. The molecule has 0 fully saturated rings. The van der Waals surface area contributed by atoms with E-state index in [9.17, 15) is 4.79 Å². The lowest BCUT2D eigenvalue weighted by molar-refractivity contribution is 0.107. The summed E-state index contributed by atoms with van der Waals surface area (Å²) < 4.78 is 7.08. The second-order valence-corrected chi connectivity index (χ2v) is 6.40. The molecular weight excluding hydrogens is 300 g/mol. The minimum Gasteiger partial charge on any atom is -0.446 e. The van der Waals surface area contributed by atoms with Crippen LogP contribution in [-0.4, -0.2) is 42.3 Å². The molecule has 0 aliphatic carbocycles. The highest BCUT2D eigenvalue weighted by atomic mass is 16.6. The largest absolute Gasteiger partial charge is 0.446 e. The molecule has 0 aliphatic heterocycles. The Morgan fingerprint density at radius 2 is 1.83 bits per heavy atom. The number of aromatic nitrogens is 1. The van der Waals surface area contributed by atoms with Crippen LogP contribution < -0.4 is 0 Å². The quantitative estimate of drug-likeness (QED) is 0.777. The number of hydrogen-bond acceptors (Lipinski definition) is 3. The number of para-hydroxylation sites is 1. The van der Waals surface area contributed by atoms with Crippen molar-refractivity contribution in [3.63, 3.8) is 0 Å². The van der Waals surface area contributed by atoms with Gasteiger partial charge in [-0.25, -0.2) is 4.79 Å². The van der Waals surface area contributed by atoms with Gasteiger partial charge in [0.15, 0.2) is 0 Å². The van der Waals surface area contributed by atoms with Crippen molar-refractivity contribution >= 4 is 17.0 Å². The Hall–Kier alpha value is -1.81. The maximum atomic E-state index is 12.3. The molecule has 24 heavy (non-hydrogen) atoms. The lowest BCUT2D eigenvalue weighted by atomic mass is 10.1. The van der Waals surface area contributed by atoms with Crippen LogP contribution in [0, 0.1) is 0 Å². The van der Waals surface area contributed by atoms with Crippen molar-refractivity contribution in [1.82, 2.24) is 9.47 Å². The Morgan fingerprint density at radius 3 is 2.42 bits per heavy atom. The van der Waals surface area contributed by atoms with Gasteiger partial charge in [-0.15, -0.1) is 0 Å². The Labute approximate surface area is 146 Å². The first-order valence-electron chi connectivity index (χ1n) is 8.89. The van der Waals surface area contributed by atoms with Crippen LogP contribution in [0.2, 0.25) is 0 Å². The van der Waals surface area contributed by atoms with Gasteiger partial charge in [-0.3, -0.25) is 4.57 Å². The molecule has 0 saturated heterocycles. The van der Waals surface area contributed by atoms with Gasteiger partial charge in [0.05, 0.1) is 5.52 Å². The number of nitrogens with zero attached hydrogens (tertiary/aromatic N) is 2. The zero-order valence-corrected chi connectivity index (χ0v) is 16.0. The summed E-state index contributed by atoms with van der Waals surface area (Å²) in [6, 6.07) is 7.98. The van der Waals surface area contributed by atoms with E-state index in [0.29, 0.717) is 0 Å². The van der Waals surface area contributed by atoms with Gasteiger partial charge in [-0.1, -0.05) is 45.4 Å². The predicted molar refractivity (Wildman–Crippen MR) is 102 cm³/mol. The molecule has 134 valence electrons. The average Bonchev–Trinajstić information content (AvgIpc) is 2.92. The lowest BCUT2D eigenvalue weighted by Crippen LogP contribution is -2.19. The van der Waals surface area contributed by atoms with Gasteiger partial charge < -0.3 is 9.64 Å². The summed E-state index contributed by atoms with van der Waals surface area (Å²) in [7, 11) is 4.10. The molecule has 2 aromatic rings. The number of fused-ring (bicyclic) bond motifs is 1. The summed E-state index contributed by atoms with van der Waals surface area (Å²) in [5, 5.41) is 1.13. The van der Waals surface area contributed by atoms with E-state index in [1.165, 1.54) is 12.0 Å².